The maximum absolute atomic E-state index is 5.53. The van der Waals surface area contributed by atoms with Gasteiger partial charge in [0.05, 0.1) is 5.57 Å². The lowest BCUT2D eigenvalue weighted by atomic mass is 10.2. The summed E-state index contributed by atoms with van der Waals surface area (Å²) in [5.41, 5.74) is 6.27. The average Bonchev–Trinajstić information content (AvgIpc) is 2.37. The van der Waals surface area contributed by atoms with Crippen molar-refractivity contribution in [2.75, 3.05) is 0 Å². The number of hydrogen-bond donors (Lipinski definition) is 1. The second kappa shape index (κ2) is 3.71. The fourth-order valence-corrected chi connectivity index (χ4v) is 0.872. The molecule has 0 aliphatic carbocycles. The van der Waals surface area contributed by atoms with Crippen LogP contribution in [-0.2, 0) is 4.84 Å². The minimum Gasteiger partial charge on any atom is -0.380 e. The highest BCUT2D eigenvalue weighted by atomic mass is 16.6. The Morgan fingerprint density at radius 1 is 1.75 bits per heavy atom. The van der Waals surface area contributed by atoms with E-state index in [1.165, 1.54) is 6.20 Å². The number of amidine groups is 1. The van der Waals surface area contributed by atoms with E-state index in [1.807, 2.05) is 13.0 Å². The summed E-state index contributed by atoms with van der Waals surface area (Å²) >= 11 is 0. The van der Waals surface area contributed by atoms with Gasteiger partial charge in [-0.1, -0.05) is 24.7 Å². The number of aliphatic imine (C=N–C) groups is 1. The monoisotopic (exact) mass is 165 g/mol. The summed E-state index contributed by atoms with van der Waals surface area (Å²) < 4.78 is 0. The zero-order valence-corrected chi connectivity index (χ0v) is 6.95. The quantitative estimate of drug-likeness (QED) is 0.667. The molecule has 1 aliphatic rings. The topological polar surface area (TPSA) is 60.0 Å². The van der Waals surface area contributed by atoms with E-state index in [4.69, 9.17) is 10.6 Å². The molecule has 0 aromatic heterocycles. The minimum absolute atomic E-state index is 0.373. The predicted octanol–water partition coefficient (Wildman–Crippen LogP) is 1.17. The SMILES string of the molecule is C=C/N=C1/ON=C(N)/C1=C/CC. The van der Waals surface area contributed by atoms with Gasteiger partial charge in [0.1, 0.15) is 0 Å². The number of hydrogen-bond acceptors (Lipinski definition) is 4. The first kappa shape index (κ1) is 8.52. The molecule has 1 heterocycles. The molecule has 0 aromatic carbocycles. The summed E-state index contributed by atoms with van der Waals surface area (Å²) in [6.45, 7) is 5.46. The predicted molar refractivity (Wildman–Crippen MR) is 48.7 cm³/mol. The molecule has 0 unspecified atom stereocenters. The van der Waals surface area contributed by atoms with Gasteiger partial charge < -0.3 is 10.6 Å². The van der Waals surface area contributed by atoms with E-state index < -0.39 is 0 Å². The third-order valence-electron chi connectivity index (χ3n) is 1.35. The molecule has 12 heavy (non-hydrogen) atoms. The van der Waals surface area contributed by atoms with Crippen molar-refractivity contribution in [3.05, 3.63) is 24.4 Å². The lowest BCUT2D eigenvalue weighted by molar-refractivity contribution is 0.341. The van der Waals surface area contributed by atoms with Gasteiger partial charge in [-0.05, 0) is 6.42 Å². The Morgan fingerprint density at radius 2 is 2.50 bits per heavy atom. The Kier molecular flexibility index (Phi) is 2.63. The van der Waals surface area contributed by atoms with Gasteiger partial charge in [-0.25, -0.2) is 4.99 Å². The summed E-state index contributed by atoms with van der Waals surface area (Å²) in [4.78, 5) is 8.71. The molecular weight excluding hydrogens is 154 g/mol. The van der Waals surface area contributed by atoms with Crippen LogP contribution in [0.5, 0.6) is 0 Å². The molecule has 0 aromatic rings. The van der Waals surface area contributed by atoms with Gasteiger partial charge in [0.25, 0.3) is 5.90 Å². The lowest BCUT2D eigenvalue weighted by Gasteiger charge is -1.94. The molecule has 0 amide bonds. The van der Waals surface area contributed by atoms with E-state index in [1.54, 1.807) is 0 Å². The van der Waals surface area contributed by atoms with Gasteiger partial charge in [-0.15, -0.1) is 0 Å². The number of nitrogens with two attached hydrogens (primary N) is 1. The fourth-order valence-electron chi connectivity index (χ4n) is 0.872. The molecule has 0 spiro atoms. The summed E-state index contributed by atoms with van der Waals surface area (Å²) in [5, 5.41) is 3.58. The maximum Gasteiger partial charge on any atom is 0.259 e. The summed E-state index contributed by atoms with van der Waals surface area (Å²) in [6, 6.07) is 0. The molecule has 64 valence electrons. The lowest BCUT2D eigenvalue weighted by Crippen LogP contribution is -2.14. The van der Waals surface area contributed by atoms with E-state index in [0.717, 1.165) is 12.0 Å². The number of rotatable bonds is 2. The van der Waals surface area contributed by atoms with Gasteiger partial charge in [0.15, 0.2) is 5.84 Å². The Balaban J connectivity index is 2.92. The van der Waals surface area contributed by atoms with Gasteiger partial charge in [0.2, 0.25) is 0 Å². The Labute approximate surface area is 71.1 Å². The molecule has 4 nitrogen and oxygen atoms in total. The third kappa shape index (κ3) is 1.53. The fraction of sp³-hybridized carbons (Fsp3) is 0.250. The van der Waals surface area contributed by atoms with Crippen LogP contribution in [0.1, 0.15) is 13.3 Å². The van der Waals surface area contributed by atoms with Crippen molar-refractivity contribution in [1.29, 1.82) is 0 Å². The average molecular weight is 165 g/mol. The van der Waals surface area contributed by atoms with Crippen LogP contribution in [0.15, 0.2) is 34.6 Å². The second-order valence-corrected chi connectivity index (χ2v) is 2.21. The van der Waals surface area contributed by atoms with Gasteiger partial charge in [-0.2, -0.15) is 0 Å². The first-order chi connectivity index (χ1) is 5.79. The molecule has 0 saturated heterocycles. The molecule has 0 saturated carbocycles. The van der Waals surface area contributed by atoms with Crippen LogP contribution >= 0.6 is 0 Å². The van der Waals surface area contributed by atoms with Gasteiger partial charge >= 0.3 is 0 Å². The smallest absolute Gasteiger partial charge is 0.259 e. The zero-order chi connectivity index (χ0) is 8.97. The Morgan fingerprint density at radius 3 is 3.08 bits per heavy atom. The van der Waals surface area contributed by atoms with Crippen LogP contribution in [0.3, 0.4) is 0 Å². The highest BCUT2D eigenvalue weighted by Gasteiger charge is 2.19. The van der Waals surface area contributed by atoms with Crippen LogP contribution in [0.2, 0.25) is 0 Å². The molecular formula is C8H11N3O. The first-order valence-electron chi connectivity index (χ1n) is 3.69. The molecule has 1 rings (SSSR count). The van der Waals surface area contributed by atoms with Crippen LogP contribution in [0, 0.1) is 0 Å². The number of allylic oxidation sites excluding steroid dienone is 1. The van der Waals surface area contributed by atoms with Gasteiger partial charge in [0, 0.05) is 6.20 Å². The number of oxime groups is 1. The van der Waals surface area contributed by atoms with Crippen LogP contribution < -0.4 is 5.73 Å². The van der Waals surface area contributed by atoms with E-state index >= 15 is 0 Å². The Bertz CT molecular complexity index is 276. The van der Waals surface area contributed by atoms with E-state index in [9.17, 15) is 0 Å². The van der Waals surface area contributed by atoms with E-state index in [-0.39, 0.29) is 0 Å². The highest BCUT2D eigenvalue weighted by molar-refractivity contribution is 6.22. The van der Waals surface area contributed by atoms with Crippen molar-refractivity contribution in [2.45, 2.75) is 13.3 Å². The zero-order valence-electron chi connectivity index (χ0n) is 6.95. The van der Waals surface area contributed by atoms with Crippen molar-refractivity contribution in [1.82, 2.24) is 0 Å². The maximum atomic E-state index is 5.53. The van der Waals surface area contributed by atoms with E-state index in [0.29, 0.717) is 11.7 Å². The van der Waals surface area contributed by atoms with Crippen molar-refractivity contribution < 1.29 is 4.84 Å². The normalized spacial score (nSPS) is 22.6. The highest BCUT2D eigenvalue weighted by Crippen LogP contribution is 2.10. The van der Waals surface area contributed by atoms with Gasteiger partial charge in [-0.3, -0.25) is 0 Å². The second-order valence-electron chi connectivity index (χ2n) is 2.21. The molecule has 0 radical (unpaired) electrons. The van der Waals surface area contributed by atoms with Crippen LogP contribution in [0.4, 0.5) is 0 Å². The van der Waals surface area contributed by atoms with Crippen molar-refractivity contribution in [2.24, 2.45) is 15.9 Å². The van der Waals surface area contributed by atoms with Crippen molar-refractivity contribution in [3.63, 3.8) is 0 Å². The molecule has 1 aliphatic heterocycles. The molecule has 0 bridgehead atoms. The largest absolute Gasteiger partial charge is 0.380 e. The Hall–Kier alpha value is -1.58. The molecule has 4 heteroatoms. The molecule has 0 fully saturated rings. The first-order valence-corrected chi connectivity index (χ1v) is 3.69. The standard InChI is InChI=1S/C8H11N3O/c1-3-5-6-7(9)11-12-8(6)10-4-2/h4-5H,2-3H2,1H3,(H2,9,11)/b6-5-,10-8+. The number of nitrogens with zero attached hydrogens (tertiary/aromatic N) is 2. The summed E-state index contributed by atoms with van der Waals surface area (Å²) in [5.74, 6) is 0.793. The van der Waals surface area contributed by atoms with Crippen molar-refractivity contribution >= 4 is 11.7 Å². The minimum atomic E-state index is 0.373. The molecule has 2 N–H and O–H groups in total. The third-order valence-corrected chi connectivity index (χ3v) is 1.35. The molecule has 0 atom stereocenters. The van der Waals surface area contributed by atoms with Crippen LogP contribution in [-0.4, -0.2) is 11.7 Å². The summed E-state index contributed by atoms with van der Waals surface area (Å²) in [6.07, 6.45) is 4.17. The summed E-state index contributed by atoms with van der Waals surface area (Å²) in [7, 11) is 0. The van der Waals surface area contributed by atoms with Crippen LogP contribution in [0.25, 0.3) is 0 Å². The van der Waals surface area contributed by atoms with E-state index in [2.05, 4.69) is 16.7 Å². The van der Waals surface area contributed by atoms with Crippen molar-refractivity contribution in [3.8, 4) is 0 Å².